The molecule has 0 aromatic heterocycles. The Balaban J connectivity index is 2.67. The van der Waals surface area contributed by atoms with Crippen molar-refractivity contribution in [3.63, 3.8) is 0 Å². The second kappa shape index (κ2) is 7.14. The van der Waals surface area contributed by atoms with Crippen molar-refractivity contribution >= 4 is 5.97 Å². The summed E-state index contributed by atoms with van der Waals surface area (Å²) in [4.78, 5) is 10.4. The standard InChI is InChI=1S/C15H23NO3/c1-10-8-11(2)13(15(19-4)12(10)3)9-16-7-5-6-14(17)18/h8,16H,5-7,9H2,1-4H3,(H,17,18). The summed E-state index contributed by atoms with van der Waals surface area (Å²) in [5, 5.41) is 11.9. The van der Waals surface area contributed by atoms with E-state index in [0.717, 1.165) is 16.9 Å². The van der Waals surface area contributed by atoms with E-state index >= 15 is 0 Å². The first-order valence-corrected chi connectivity index (χ1v) is 6.53. The van der Waals surface area contributed by atoms with E-state index in [1.165, 1.54) is 11.1 Å². The molecule has 1 rings (SSSR count). The van der Waals surface area contributed by atoms with Crippen molar-refractivity contribution in [2.24, 2.45) is 0 Å². The average Bonchev–Trinajstić information content (AvgIpc) is 2.34. The molecule has 1 aromatic rings. The van der Waals surface area contributed by atoms with Crippen molar-refractivity contribution in [1.82, 2.24) is 5.32 Å². The first-order chi connectivity index (χ1) is 8.97. The molecule has 0 unspecified atom stereocenters. The Morgan fingerprint density at radius 1 is 1.32 bits per heavy atom. The molecule has 0 saturated heterocycles. The SMILES string of the molecule is COc1c(C)c(C)cc(C)c1CNCCCC(=O)O. The fourth-order valence-electron chi connectivity index (χ4n) is 2.18. The van der Waals surface area contributed by atoms with E-state index in [2.05, 4.69) is 32.2 Å². The number of methoxy groups -OCH3 is 1. The maximum Gasteiger partial charge on any atom is 0.303 e. The van der Waals surface area contributed by atoms with E-state index in [9.17, 15) is 4.79 Å². The Morgan fingerprint density at radius 3 is 2.58 bits per heavy atom. The zero-order valence-corrected chi connectivity index (χ0v) is 12.2. The number of aliphatic carboxylic acids is 1. The molecular weight excluding hydrogens is 242 g/mol. The van der Waals surface area contributed by atoms with Gasteiger partial charge in [-0.1, -0.05) is 6.07 Å². The number of ether oxygens (including phenoxy) is 1. The molecule has 0 aliphatic carbocycles. The number of rotatable bonds is 7. The molecule has 106 valence electrons. The molecule has 2 N–H and O–H groups in total. The second-order valence-corrected chi connectivity index (χ2v) is 4.82. The highest BCUT2D eigenvalue weighted by atomic mass is 16.5. The van der Waals surface area contributed by atoms with Gasteiger partial charge in [-0.2, -0.15) is 0 Å². The van der Waals surface area contributed by atoms with Gasteiger partial charge < -0.3 is 15.2 Å². The van der Waals surface area contributed by atoms with Gasteiger partial charge in [-0.15, -0.1) is 0 Å². The van der Waals surface area contributed by atoms with Crippen LogP contribution in [0.2, 0.25) is 0 Å². The molecule has 0 spiro atoms. The van der Waals surface area contributed by atoms with Crippen molar-refractivity contribution < 1.29 is 14.6 Å². The first kappa shape index (κ1) is 15.5. The maximum atomic E-state index is 10.4. The summed E-state index contributed by atoms with van der Waals surface area (Å²) in [6.45, 7) is 7.61. The lowest BCUT2D eigenvalue weighted by molar-refractivity contribution is -0.137. The van der Waals surface area contributed by atoms with E-state index in [0.29, 0.717) is 19.5 Å². The van der Waals surface area contributed by atoms with Crippen molar-refractivity contribution in [3.05, 3.63) is 28.3 Å². The largest absolute Gasteiger partial charge is 0.496 e. The van der Waals surface area contributed by atoms with Gasteiger partial charge in [-0.25, -0.2) is 0 Å². The minimum atomic E-state index is -0.748. The van der Waals surface area contributed by atoms with E-state index < -0.39 is 5.97 Å². The summed E-state index contributed by atoms with van der Waals surface area (Å²) in [5.74, 6) is 0.185. The number of carbonyl (C=O) groups is 1. The molecule has 0 heterocycles. The molecule has 4 heteroatoms. The Bertz CT molecular complexity index is 455. The number of hydrogen-bond donors (Lipinski definition) is 2. The third kappa shape index (κ3) is 4.24. The van der Waals surface area contributed by atoms with Crippen LogP contribution in [0, 0.1) is 20.8 Å². The van der Waals surface area contributed by atoms with Crippen LogP contribution >= 0.6 is 0 Å². The van der Waals surface area contributed by atoms with Crippen molar-refractivity contribution in [1.29, 1.82) is 0 Å². The minimum Gasteiger partial charge on any atom is -0.496 e. The highest BCUT2D eigenvalue weighted by Crippen LogP contribution is 2.29. The lowest BCUT2D eigenvalue weighted by Gasteiger charge is -2.17. The minimum absolute atomic E-state index is 0.204. The van der Waals surface area contributed by atoms with Gasteiger partial charge in [-0.3, -0.25) is 4.79 Å². The molecule has 0 bridgehead atoms. The molecule has 0 amide bonds. The third-order valence-corrected chi connectivity index (χ3v) is 3.37. The topological polar surface area (TPSA) is 58.6 Å². The lowest BCUT2D eigenvalue weighted by Crippen LogP contribution is -2.17. The molecule has 0 atom stereocenters. The quantitative estimate of drug-likeness (QED) is 0.744. The van der Waals surface area contributed by atoms with E-state index in [1.54, 1.807) is 7.11 Å². The van der Waals surface area contributed by atoms with Gasteiger partial charge in [0.05, 0.1) is 7.11 Å². The predicted octanol–water partition coefficient (Wildman–Crippen LogP) is 2.57. The summed E-state index contributed by atoms with van der Waals surface area (Å²) in [7, 11) is 1.69. The van der Waals surface area contributed by atoms with Crippen molar-refractivity contribution in [3.8, 4) is 5.75 Å². The van der Waals surface area contributed by atoms with Gasteiger partial charge in [-0.05, 0) is 50.4 Å². The van der Waals surface area contributed by atoms with E-state index in [-0.39, 0.29) is 6.42 Å². The first-order valence-electron chi connectivity index (χ1n) is 6.53. The zero-order valence-electron chi connectivity index (χ0n) is 12.2. The van der Waals surface area contributed by atoms with Crippen LogP contribution < -0.4 is 10.1 Å². The van der Waals surface area contributed by atoms with Crippen LogP contribution in [0.3, 0.4) is 0 Å². The predicted molar refractivity (Wildman–Crippen MR) is 75.8 cm³/mol. The zero-order chi connectivity index (χ0) is 14.4. The smallest absolute Gasteiger partial charge is 0.303 e. The number of benzene rings is 1. The average molecular weight is 265 g/mol. The molecule has 0 aliphatic rings. The molecule has 1 aromatic carbocycles. The Labute approximate surface area is 114 Å². The van der Waals surface area contributed by atoms with Crippen LogP contribution in [-0.4, -0.2) is 24.7 Å². The number of hydrogen-bond acceptors (Lipinski definition) is 3. The molecule has 4 nitrogen and oxygen atoms in total. The fourth-order valence-corrected chi connectivity index (χ4v) is 2.18. The van der Waals surface area contributed by atoms with Gasteiger partial charge >= 0.3 is 5.97 Å². The normalized spacial score (nSPS) is 10.5. The van der Waals surface area contributed by atoms with Crippen LogP contribution in [0.5, 0.6) is 5.75 Å². The maximum absolute atomic E-state index is 10.4. The highest BCUT2D eigenvalue weighted by molar-refractivity contribution is 5.66. The Morgan fingerprint density at radius 2 is 2.00 bits per heavy atom. The fraction of sp³-hybridized carbons (Fsp3) is 0.533. The highest BCUT2D eigenvalue weighted by Gasteiger charge is 2.11. The summed E-state index contributed by atoms with van der Waals surface area (Å²) < 4.78 is 5.50. The van der Waals surface area contributed by atoms with Gasteiger partial charge in [0.1, 0.15) is 5.75 Å². The Kier molecular flexibility index (Phi) is 5.83. The van der Waals surface area contributed by atoms with Crippen molar-refractivity contribution in [2.45, 2.75) is 40.2 Å². The molecule has 0 radical (unpaired) electrons. The lowest BCUT2D eigenvalue weighted by atomic mass is 9.99. The molecular formula is C15H23NO3. The third-order valence-electron chi connectivity index (χ3n) is 3.37. The van der Waals surface area contributed by atoms with Crippen LogP contribution in [0.15, 0.2) is 6.07 Å². The monoisotopic (exact) mass is 265 g/mol. The van der Waals surface area contributed by atoms with Crippen LogP contribution in [-0.2, 0) is 11.3 Å². The van der Waals surface area contributed by atoms with E-state index in [1.807, 2.05) is 0 Å². The van der Waals surface area contributed by atoms with Crippen molar-refractivity contribution in [2.75, 3.05) is 13.7 Å². The summed E-state index contributed by atoms with van der Waals surface area (Å²) in [5.41, 5.74) is 4.74. The van der Waals surface area contributed by atoms with E-state index in [4.69, 9.17) is 9.84 Å². The summed E-state index contributed by atoms with van der Waals surface area (Å²) >= 11 is 0. The molecule has 0 fully saturated rings. The molecule has 19 heavy (non-hydrogen) atoms. The van der Waals surface area contributed by atoms with Gasteiger partial charge in [0.2, 0.25) is 0 Å². The van der Waals surface area contributed by atoms with Gasteiger partial charge in [0.15, 0.2) is 0 Å². The molecule has 0 saturated carbocycles. The molecule has 0 aliphatic heterocycles. The summed E-state index contributed by atoms with van der Waals surface area (Å²) in [6, 6.07) is 2.16. The van der Waals surface area contributed by atoms with Gasteiger partial charge in [0, 0.05) is 18.5 Å². The Hall–Kier alpha value is -1.55. The van der Waals surface area contributed by atoms with Crippen LogP contribution in [0.25, 0.3) is 0 Å². The number of carboxylic acids is 1. The van der Waals surface area contributed by atoms with Crippen LogP contribution in [0.4, 0.5) is 0 Å². The number of nitrogens with one attached hydrogen (secondary N) is 1. The number of aryl methyl sites for hydroxylation is 2. The second-order valence-electron chi connectivity index (χ2n) is 4.82. The van der Waals surface area contributed by atoms with Crippen LogP contribution in [0.1, 0.15) is 35.1 Å². The summed E-state index contributed by atoms with van der Waals surface area (Å²) in [6.07, 6.45) is 0.845. The van der Waals surface area contributed by atoms with Gasteiger partial charge in [0.25, 0.3) is 0 Å². The number of carboxylic acid groups (broad SMARTS) is 1.